The molecule has 0 aliphatic heterocycles. The maximum Gasteiger partial charge on any atom is 0.214 e. The van der Waals surface area contributed by atoms with Crippen LogP contribution in [0.3, 0.4) is 0 Å². The average molecular weight is 173 g/mol. The van der Waals surface area contributed by atoms with Crippen molar-refractivity contribution in [1.82, 2.24) is 4.91 Å². The summed E-state index contributed by atoms with van der Waals surface area (Å²) in [6, 6.07) is -1.41. The molecule has 0 bridgehead atoms. The minimum atomic E-state index is -1.51. The van der Waals surface area contributed by atoms with E-state index in [0.717, 1.165) is 0 Å². The molecule has 2 atom stereocenters. The topological polar surface area (TPSA) is 111 Å². The average Bonchev–Trinajstić information content (AvgIpc) is 1.99. The van der Waals surface area contributed by atoms with Crippen molar-refractivity contribution in [2.75, 3.05) is 0 Å². The maximum atomic E-state index is 10.3. The van der Waals surface area contributed by atoms with Gasteiger partial charge < -0.3 is 15.0 Å². The van der Waals surface area contributed by atoms with E-state index >= 15 is 0 Å². The van der Waals surface area contributed by atoms with Crippen LogP contribution in [0.2, 0.25) is 0 Å². The first-order valence-corrected chi connectivity index (χ1v) is 3.59. The van der Waals surface area contributed by atoms with Gasteiger partial charge in [-0.2, -0.15) is 0 Å². The Morgan fingerprint density at radius 1 is 1.83 bits per heavy atom. The zero-order valence-corrected chi connectivity index (χ0v) is 6.73. The van der Waals surface area contributed by atoms with Gasteiger partial charge in [0.2, 0.25) is 4.91 Å². The lowest BCUT2D eigenvalue weighted by Crippen LogP contribution is -2.42. The Bertz CT molecular complexity index is 198. The molecular weight excluding hydrogens is 162 g/mol. The Hall–Kier alpha value is -1.26. The van der Waals surface area contributed by atoms with Crippen LogP contribution in [0.5, 0.6) is 0 Å². The van der Waals surface area contributed by atoms with Crippen molar-refractivity contribution in [2.45, 2.75) is 31.9 Å². The van der Waals surface area contributed by atoms with Crippen molar-refractivity contribution < 1.29 is 15.0 Å². The second kappa shape index (κ2) is 5.40. The second-order valence-electron chi connectivity index (χ2n) is 2.34. The largest absolute Gasteiger partial charge is 0.547 e. The van der Waals surface area contributed by atoms with Crippen LogP contribution in [-0.4, -0.2) is 23.2 Å². The van der Waals surface area contributed by atoms with Gasteiger partial charge in [-0.3, -0.25) is 0 Å². The molecule has 0 aliphatic carbocycles. The molecule has 0 saturated heterocycles. The summed E-state index contributed by atoms with van der Waals surface area (Å²) in [5.41, 5.74) is 6.31. The Morgan fingerprint density at radius 2 is 2.42 bits per heavy atom. The fourth-order valence-corrected chi connectivity index (χ4v) is 0.797. The van der Waals surface area contributed by atoms with Gasteiger partial charge in [0, 0.05) is 0 Å². The Kier molecular flexibility index (Phi) is 4.83. The van der Waals surface area contributed by atoms with E-state index in [-0.39, 0.29) is 0 Å². The summed E-state index contributed by atoms with van der Waals surface area (Å²) in [6.07, 6.45) is -0.176. The van der Waals surface area contributed by atoms with Crippen molar-refractivity contribution >= 4 is 5.97 Å². The lowest BCUT2D eigenvalue weighted by atomic mass is 10.1. The van der Waals surface area contributed by atoms with Gasteiger partial charge in [0.25, 0.3) is 0 Å². The summed E-state index contributed by atoms with van der Waals surface area (Å²) in [5, 5.41) is 22.5. The number of rotatable bonds is 5. The quantitative estimate of drug-likeness (QED) is 0.403. The molecule has 6 nitrogen and oxygen atoms in total. The number of aliphatic hydroxyl groups excluding tert-OH is 1. The normalized spacial score (nSPS) is 14.5. The lowest BCUT2D eigenvalue weighted by Gasteiger charge is -2.13. The molecule has 0 saturated carbocycles. The highest BCUT2D eigenvalue weighted by Gasteiger charge is 2.23. The Balaban J connectivity index is 4.28. The van der Waals surface area contributed by atoms with E-state index in [0.29, 0.717) is 12.8 Å². The molecular formula is C6H11N3O3. The van der Waals surface area contributed by atoms with Gasteiger partial charge in [-0.25, -0.2) is 0 Å². The van der Waals surface area contributed by atoms with E-state index < -0.39 is 18.1 Å². The third kappa shape index (κ3) is 3.23. The van der Waals surface area contributed by atoms with Gasteiger partial charge in [0.05, 0.1) is 12.1 Å². The molecule has 0 fully saturated rings. The molecule has 2 unspecified atom stereocenters. The second-order valence-corrected chi connectivity index (χ2v) is 2.34. The monoisotopic (exact) mass is 173 g/mol. The molecule has 0 aliphatic rings. The molecule has 0 aromatic rings. The number of carbonyl (C=O) groups is 1. The molecule has 2 N–H and O–H groups in total. The minimum absolute atomic E-state index is 0.303. The van der Waals surface area contributed by atoms with E-state index in [2.05, 4.69) is 10.0 Å². The number of aliphatic hydroxyl groups is 1. The van der Waals surface area contributed by atoms with Crippen LogP contribution in [-0.2, 0) is 4.79 Å². The first-order valence-electron chi connectivity index (χ1n) is 3.59. The molecule has 0 radical (unpaired) electrons. The molecule has 12 heavy (non-hydrogen) atoms. The molecule has 0 aromatic carbocycles. The van der Waals surface area contributed by atoms with E-state index in [1.165, 1.54) is 0 Å². The van der Waals surface area contributed by atoms with Crippen LogP contribution in [0.15, 0.2) is 5.11 Å². The highest BCUT2D eigenvalue weighted by molar-refractivity contribution is 5.71. The van der Waals surface area contributed by atoms with Crippen LogP contribution in [0.1, 0.15) is 19.8 Å². The molecule has 68 valence electrons. The van der Waals surface area contributed by atoms with Crippen molar-refractivity contribution in [3.8, 4) is 0 Å². The summed E-state index contributed by atoms with van der Waals surface area (Å²) in [5.74, 6) is -1.51. The third-order valence-corrected chi connectivity index (χ3v) is 1.37. The van der Waals surface area contributed by atoms with Crippen LogP contribution in [0, 0.1) is 5.53 Å². The van der Waals surface area contributed by atoms with Gasteiger partial charge >= 0.3 is 0 Å². The van der Waals surface area contributed by atoms with Crippen molar-refractivity contribution in [2.24, 2.45) is 5.11 Å². The predicted molar refractivity (Wildman–Crippen MR) is 37.0 cm³/mol. The Labute approximate surface area is 69.4 Å². The molecule has 0 spiro atoms. The molecule has 0 amide bonds. The number of nitrogens with one attached hydrogen (secondary N) is 1. The van der Waals surface area contributed by atoms with Crippen molar-refractivity contribution in [3.05, 3.63) is 0 Å². The van der Waals surface area contributed by atoms with Crippen LogP contribution in [0.25, 0.3) is 0 Å². The number of aliphatic carboxylic acids is 1. The minimum Gasteiger partial charge on any atom is -0.547 e. The van der Waals surface area contributed by atoms with Crippen LogP contribution in [0.4, 0.5) is 0 Å². The van der Waals surface area contributed by atoms with Crippen LogP contribution < -0.4 is 10.0 Å². The molecule has 0 rings (SSSR count). The maximum absolute atomic E-state index is 10.3. The number of carboxylic acids is 1. The molecule has 6 heteroatoms. The SMILES string of the molecule is CCCC(O)C(N=[N+]=N)C(=O)[O-]. The summed E-state index contributed by atoms with van der Waals surface area (Å²) in [6.45, 7) is 1.80. The fraction of sp³-hybridized carbons (Fsp3) is 0.833. The molecule has 0 aromatic heterocycles. The Morgan fingerprint density at radius 3 is 2.75 bits per heavy atom. The number of carboxylic acid groups (broad SMARTS) is 1. The predicted octanol–water partition coefficient (Wildman–Crippen LogP) is -1.18. The van der Waals surface area contributed by atoms with Gasteiger partial charge in [-0.15, -0.1) is 0 Å². The lowest BCUT2D eigenvalue weighted by molar-refractivity contribution is -0.309. The van der Waals surface area contributed by atoms with Crippen LogP contribution >= 0.6 is 0 Å². The first-order chi connectivity index (χ1) is 5.63. The van der Waals surface area contributed by atoms with Gasteiger partial charge in [-0.1, -0.05) is 13.3 Å². The zero-order valence-electron chi connectivity index (χ0n) is 6.73. The number of carbonyl (C=O) groups excluding carboxylic acids is 1. The summed E-state index contributed by atoms with van der Waals surface area (Å²) < 4.78 is 0. The van der Waals surface area contributed by atoms with Gasteiger partial charge in [0.15, 0.2) is 6.04 Å². The van der Waals surface area contributed by atoms with E-state index in [1.807, 2.05) is 0 Å². The van der Waals surface area contributed by atoms with E-state index in [4.69, 9.17) is 10.6 Å². The van der Waals surface area contributed by atoms with Gasteiger partial charge in [-0.05, 0) is 6.42 Å². The van der Waals surface area contributed by atoms with E-state index in [9.17, 15) is 9.90 Å². The number of nitrogens with zero attached hydrogens (tertiary/aromatic N) is 2. The zero-order chi connectivity index (χ0) is 9.56. The highest BCUT2D eigenvalue weighted by atomic mass is 16.4. The van der Waals surface area contributed by atoms with Crippen molar-refractivity contribution in [3.63, 3.8) is 0 Å². The number of hydrogen-bond acceptors (Lipinski definition) is 5. The molecule has 0 heterocycles. The van der Waals surface area contributed by atoms with Crippen molar-refractivity contribution in [1.29, 1.82) is 5.53 Å². The first kappa shape index (κ1) is 10.7. The van der Waals surface area contributed by atoms with E-state index in [1.54, 1.807) is 6.92 Å². The smallest absolute Gasteiger partial charge is 0.214 e. The fourth-order valence-electron chi connectivity index (χ4n) is 0.797. The summed E-state index contributed by atoms with van der Waals surface area (Å²) in [4.78, 5) is 12.9. The standard InChI is InChI=1S/C6H11N3O3/c1-2-3-4(10)5(6(11)12)8-9-7/h4-5,7,10H,2-3H2,1H3. The summed E-state index contributed by atoms with van der Waals surface area (Å²) in [7, 11) is 0. The third-order valence-electron chi connectivity index (χ3n) is 1.37. The summed E-state index contributed by atoms with van der Waals surface area (Å²) >= 11 is 0. The number of hydrogen-bond donors (Lipinski definition) is 2. The van der Waals surface area contributed by atoms with Gasteiger partial charge in [0.1, 0.15) is 10.6 Å². The highest BCUT2D eigenvalue weighted by Crippen LogP contribution is 2.04.